The number of aromatic nitrogens is 2. The van der Waals surface area contributed by atoms with Gasteiger partial charge in [-0.1, -0.05) is 0 Å². The van der Waals surface area contributed by atoms with Crippen LogP contribution in [-0.2, 0) is 18.3 Å². The lowest BCUT2D eigenvalue weighted by atomic mass is 10.2. The van der Waals surface area contributed by atoms with E-state index in [2.05, 4.69) is 16.5 Å². The minimum absolute atomic E-state index is 0.0827. The van der Waals surface area contributed by atoms with Gasteiger partial charge < -0.3 is 10.1 Å². The molecular weight excluding hydrogens is 214 g/mol. The fourth-order valence-corrected chi connectivity index (χ4v) is 2.03. The van der Waals surface area contributed by atoms with E-state index in [9.17, 15) is 0 Å². The molecule has 0 bridgehead atoms. The molecule has 0 aromatic carbocycles. The van der Waals surface area contributed by atoms with Crippen LogP contribution in [0.25, 0.3) is 0 Å². The van der Waals surface area contributed by atoms with Gasteiger partial charge in [0.25, 0.3) is 0 Å². The van der Waals surface area contributed by atoms with Crippen LogP contribution in [0.15, 0.2) is 6.07 Å². The van der Waals surface area contributed by atoms with Crippen molar-refractivity contribution in [3.63, 3.8) is 0 Å². The van der Waals surface area contributed by atoms with E-state index >= 15 is 0 Å². The van der Waals surface area contributed by atoms with Crippen molar-refractivity contribution >= 4 is 11.6 Å². The van der Waals surface area contributed by atoms with Crippen LogP contribution in [0.5, 0.6) is 0 Å². The largest absolute Gasteiger partial charge is 0.378 e. The average Bonchev–Trinajstić information content (AvgIpc) is 2.70. The second kappa shape index (κ2) is 4.51. The summed E-state index contributed by atoms with van der Waals surface area (Å²) in [7, 11) is 1.95. The predicted molar refractivity (Wildman–Crippen MR) is 59.0 cm³/mol. The maximum absolute atomic E-state index is 6.08. The van der Waals surface area contributed by atoms with Crippen molar-refractivity contribution in [2.24, 2.45) is 7.05 Å². The van der Waals surface area contributed by atoms with Crippen molar-refractivity contribution in [2.45, 2.75) is 24.9 Å². The normalized spacial score (nSPS) is 26.1. The molecule has 1 aromatic rings. The zero-order chi connectivity index (χ0) is 10.8. The number of hydrogen-bond donors (Lipinski definition) is 1. The number of nitrogens with one attached hydrogen (secondary N) is 1. The quantitative estimate of drug-likeness (QED) is 0.781. The van der Waals surface area contributed by atoms with Crippen molar-refractivity contribution in [3.8, 4) is 0 Å². The molecule has 4 nitrogen and oxygen atoms in total. The molecule has 0 radical (unpaired) electrons. The van der Waals surface area contributed by atoms with Gasteiger partial charge in [-0.05, 0) is 13.0 Å². The SMILES string of the molecule is Cc1cc(CNC2COCC2Cl)n(C)n1. The summed E-state index contributed by atoms with van der Waals surface area (Å²) in [5.74, 6) is 0. The van der Waals surface area contributed by atoms with Gasteiger partial charge in [-0.2, -0.15) is 5.10 Å². The number of aryl methyl sites for hydroxylation is 2. The van der Waals surface area contributed by atoms with Gasteiger partial charge >= 0.3 is 0 Å². The highest BCUT2D eigenvalue weighted by atomic mass is 35.5. The van der Waals surface area contributed by atoms with Crippen LogP contribution in [0.4, 0.5) is 0 Å². The van der Waals surface area contributed by atoms with E-state index in [4.69, 9.17) is 16.3 Å². The molecule has 1 N–H and O–H groups in total. The molecule has 2 atom stereocenters. The first kappa shape index (κ1) is 10.9. The molecule has 2 heterocycles. The van der Waals surface area contributed by atoms with E-state index in [1.54, 1.807) is 0 Å². The van der Waals surface area contributed by atoms with E-state index in [0.29, 0.717) is 13.2 Å². The maximum atomic E-state index is 6.08. The van der Waals surface area contributed by atoms with Crippen LogP contribution >= 0.6 is 11.6 Å². The van der Waals surface area contributed by atoms with E-state index in [1.807, 2.05) is 18.7 Å². The van der Waals surface area contributed by atoms with Gasteiger partial charge in [0.15, 0.2) is 0 Å². The highest BCUT2D eigenvalue weighted by molar-refractivity contribution is 6.21. The lowest BCUT2D eigenvalue weighted by Crippen LogP contribution is -2.36. The van der Waals surface area contributed by atoms with Gasteiger partial charge in [-0.25, -0.2) is 0 Å². The number of nitrogens with zero attached hydrogens (tertiary/aromatic N) is 2. The highest BCUT2D eigenvalue weighted by Gasteiger charge is 2.25. The van der Waals surface area contributed by atoms with Gasteiger partial charge in [0.05, 0.1) is 30.0 Å². The molecule has 84 valence electrons. The molecule has 15 heavy (non-hydrogen) atoms. The monoisotopic (exact) mass is 229 g/mol. The van der Waals surface area contributed by atoms with Crippen molar-refractivity contribution in [2.75, 3.05) is 13.2 Å². The standard InChI is InChI=1S/C10H16ClN3O/c1-7-3-8(14(2)13-7)4-12-10-6-15-5-9(10)11/h3,9-10,12H,4-6H2,1-2H3. The third-order valence-corrected chi connectivity index (χ3v) is 3.09. The van der Waals surface area contributed by atoms with Crippen LogP contribution in [0.1, 0.15) is 11.4 Å². The Balaban J connectivity index is 1.90. The lowest BCUT2D eigenvalue weighted by Gasteiger charge is -2.13. The minimum atomic E-state index is 0.0827. The van der Waals surface area contributed by atoms with E-state index < -0.39 is 0 Å². The lowest BCUT2D eigenvalue weighted by molar-refractivity contribution is 0.190. The first-order chi connectivity index (χ1) is 7.16. The Hall–Kier alpha value is -0.580. The number of hydrogen-bond acceptors (Lipinski definition) is 3. The Labute approximate surface area is 94.6 Å². The molecule has 0 saturated carbocycles. The topological polar surface area (TPSA) is 39.1 Å². The summed E-state index contributed by atoms with van der Waals surface area (Å²) in [5.41, 5.74) is 2.21. The van der Waals surface area contributed by atoms with Crippen LogP contribution in [0.2, 0.25) is 0 Å². The van der Waals surface area contributed by atoms with Gasteiger partial charge in [-0.3, -0.25) is 4.68 Å². The third kappa shape index (κ3) is 2.51. The van der Waals surface area contributed by atoms with Gasteiger partial charge in [0.1, 0.15) is 0 Å². The molecule has 2 rings (SSSR count). The molecule has 5 heteroatoms. The molecule has 1 aromatic heterocycles. The summed E-state index contributed by atoms with van der Waals surface area (Å²) >= 11 is 6.08. The van der Waals surface area contributed by atoms with Crippen LogP contribution in [0, 0.1) is 6.92 Å². The Morgan fingerprint density at radius 3 is 3.00 bits per heavy atom. The second-order valence-corrected chi connectivity index (χ2v) is 4.50. The first-order valence-electron chi connectivity index (χ1n) is 5.11. The summed E-state index contributed by atoms with van der Waals surface area (Å²) in [6, 6.07) is 2.33. The number of rotatable bonds is 3. The molecule has 1 aliphatic heterocycles. The summed E-state index contributed by atoms with van der Waals surface area (Å²) in [6.07, 6.45) is 0. The Kier molecular flexibility index (Phi) is 3.29. The van der Waals surface area contributed by atoms with Gasteiger partial charge in [0.2, 0.25) is 0 Å². The molecule has 2 unspecified atom stereocenters. The van der Waals surface area contributed by atoms with Crippen molar-refractivity contribution in [1.29, 1.82) is 0 Å². The molecule has 1 saturated heterocycles. The second-order valence-electron chi connectivity index (χ2n) is 3.94. The molecular formula is C10H16ClN3O. The summed E-state index contributed by atoms with van der Waals surface area (Å²) in [6.45, 7) is 4.12. The van der Waals surface area contributed by atoms with Crippen molar-refractivity contribution < 1.29 is 4.74 Å². The Bertz CT molecular complexity index is 339. The zero-order valence-electron chi connectivity index (χ0n) is 9.03. The van der Waals surface area contributed by atoms with Crippen LogP contribution in [0.3, 0.4) is 0 Å². The van der Waals surface area contributed by atoms with E-state index in [-0.39, 0.29) is 11.4 Å². The average molecular weight is 230 g/mol. The Morgan fingerprint density at radius 1 is 1.67 bits per heavy atom. The van der Waals surface area contributed by atoms with E-state index in [1.165, 1.54) is 5.69 Å². The number of alkyl halides is 1. The van der Waals surface area contributed by atoms with Gasteiger partial charge in [-0.15, -0.1) is 11.6 Å². The fraction of sp³-hybridized carbons (Fsp3) is 0.700. The van der Waals surface area contributed by atoms with E-state index in [0.717, 1.165) is 12.2 Å². The molecule has 0 aliphatic carbocycles. The molecule has 0 amide bonds. The molecule has 1 aliphatic rings. The number of halogens is 1. The summed E-state index contributed by atoms with van der Waals surface area (Å²) in [5, 5.41) is 7.75. The Morgan fingerprint density at radius 2 is 2.47 bits per heavy atom. The van der Waals surface area contributed by atoms with Crippen LogP contribution in [-0.4, -0.2) is 34.4 Å². The molecule has 1 fully saturated rings. The first-order valence-corrected chi connectivity index (χ1v) is 5.55. The predicted octanol–water partition coefficient (Wildman–Crippen LogP) is 0.824. The maximum Gasteiger partial charge on any atom is 0.0745 e. The minimum Gasteiger partial charge on any atom is -0.378 e. The third-order valence-electron chi connectivity index (χ3n) is 2.66. The summed E-state index contributed by atoms with van der Waals surface area (Å²) in [4.78, 5) is 0. The number of ether oxygens (including phenoxy) is 1. The van der Waals surface area contributed by atoms with Crippen molar-refractivity contribution in [3.05, 3.63) is 17.5 Å². The fourth-order valence-electron chi connectivity index (χ4n) is 1.78. The highest BCUT2D eigenvalue weighted by Crippen LogP contribution is 2.12. The van der Waals surface area contributed by atoms with Crippen molar-refractivity contribution in [1.82, 2.24) is 15.1 Å². The molecule has 0 spiro atoms. The summed E-state index contributed by atoms with van der Waals surface area (Å²) < 4.78 is 7.17. The van der Waals surface area contributed by atoms with Crippen LogP contribution < -0.4 is 5.32 Å². The van der Waals surface area contributed by atoms with Gasteiger partial charge in [0, 0.05) is 19.6 Å². The smallest absolute Gasteiger partial charge is 0.0745 e. The zero-order valence-corrected chi connectivity index (χ0v) is 9.79.